The fourth-order valence-corrected chi connectivity index (χ4v) is 4.10. The van der Waals surface area contributed by atoms with Crippen molar-refractivity contribution in [2.75, 3.05) is 5.32 Å². The van der Waals surface area contributed by atoms with Crippen LogP contribution in [0, 0.1) is 11.7 Å². The average Bonchev–Trinajstić information content (AvgIpc) is 3.45. The molecule has 1 aliphatic rings. The van der Waals surface area contributed by atoms with E-state index in [1.807, 2.05) is 13.8 Å². The Morgan fingerprint density at radius 2 is 1.92 bits per heavy atom. The summed E-state index contributed by atoms with van der Waals surface area (Å²) in [4.78, 5) is 25.0. The second-order valence-corrected chi connectivity index (χ2v) is 9.14. The number of anilines is 1. The Kier molecular flexibility index (Phi) is 6.50. The molecule has 1 amide bonds. The zero-order chi connectivity index (χ0) is 26.3. The van der Waals surface area contributed by atoms with E-state index in [9.17, 15) is 32.3 Å². The van der Waals surface area contributed by atoms with Crippen molar-refractivity contribution in [3.8, 4) is 16.9 Å². The van der Waals surface area contributed by atoms with Gasteiger partial charge < -0.3 is 15.2 Å². The highest BCUT2D eigenvalue weighted by atomic mass is 19.4. The van der Waals surface area contributed by atoms with Gasteiger partial charge in [-0.1, -0.05) is 26.0 Å². The molecule has 2 aromatic carbocycles. The van der Waals surface area contributed by atoms with Gasteiger partial charge >= 0.3 is 12.3 Å². The number of carboxylic acids is 1. The Balaban J connectivity index is 1.56. The predicted molar refractivity (Wildman–Crippen MR) is 122 cm³/mol. The maximum Gasteiger partial charge on any atom is 0.573 e. The van der Waals surface area contributed by atoms with Gasteiger partial charge in [0, 0.05) is 35.6 Å². The zero-order valence-electron chi connectivity index (χ0n) is 19.4. The van der Waals surface area contributed by atoms with Crippen molar-refractivity contribution in [3.63, 3.8) is 0 Å². The van der Waals surface area contributed by atoms with Gasteiger partial charge in [-0.2, -0.15) is 5.10 Å². The van der Waals surface area contributed by atoms with Crippen molar-refractivity contribution >= 4 is 17.6 Å². The number of rotatable bonds is 8. The molecule has 190 valence electrons. The molecule has 11 heteroatoms. The van der Waals surface area contributed by atoms with Crippen LogP contribution in [0.15, 0.2) is 48.8 Å². The average molecular weight is 505 g/mol. The van der Waals surface area contributed by atoms with Crippen molar-refractivity contribution in [2.24, 2.45) is 5.92 Å². The number of carboxylic acid groups (broad SMARTS) is 1. The van der Waals surface area contributed by atoms with E-state index in [-0.39, 0.29) is 29.7 Å². The second-order valence-electron chi connectivity index (χ2n) is 9.14. The highest BCUT2D eigenvalue weighted by molar-refractivity contribution is 6.03. The van der Waals surface area contributed by atoms with E-state index in [0.29, 0.717) is 29.7 Å². The number of halogens is 4. The van der Waals surface area contributed by atoms with Crippen LogP contribution in [0.2, 0.25) is 0 Å². The first-order chi connectivity index (χ1) is 16.9. The first-order valence-corrected chi connectivity index (χ1v) is 11.2. The Morgan fingerprint density at radius 3 is 2.50 bits per heavy atom. The highest BCUT2D eigenvalue weighted by Crippen LogP contribution is 2.50. The summed E-state index contributed by atoms with van der Waals surface area (Å²) in [5.41, 5.74) is -0.153. The van der Waals surface area contributed by atoms with Gasteiger partial charge in [0.25, 0.3) is 0 Å². The minimum Gasteiger partial charge on any atom is -0.478 e. The number of alkyl halides is 3. The summed E-state index contributed by atoms with van der Waals surface area (Å²) >= 11 is 0. The lowest BCUT2D eigenvalue weighted by atomic mass is 9.94. The van der Waals surface area contributed by atoms with Crippen LogP contribution in [0.3, 0.4) is 0 Å². The first kappa shape index (κ1) is 25.2. The number of hydrogen-bond donors (Lipinski definition) is 2. The van der Waals surface area contributed by atoms with Crippen LogP contribution in [0.4, 0.5) is 23.2 Å². The van der Waals surface area contributed by atoms with E-state index in [1.165, 1.54) is 12.1 Å². The smallest absolute Gasteiger partial charge is 0.478 e. The summed E-state index contributed by atoms with van der Waals surface area (Å²) < 4.78 is 57.3. The predicted octanol–water partition coefficient (Wildman–Crippen LogP) is 5.61. The van der Waals surface area contributed by atoms with Crippen molar-refractivity contribution in [3.05, 3.63) is 65.7 Å². The molecule has 3 aromatic rings. The van der Waals surface area contributed by atoms with Crippen molar-refractivity contribution in [1.29, 1.82) is 0 Å². The molecule has 0 aliphatic heterocycles. The number of nitrogens with zero attached hydrogens (tertiary/aromatic N) is 2. The lowest BCUT2D eigenvalue weighted by Gasteiger charge is -2.18. The first-order valence-electron chi connectivity index (χ1n) is 11.2. The number of ether oxygens (including phenoxy) is 1. The van der Waals surface area contributed by atoms with E-state index < -0.39 is 35.2 Å². The topological polar surface area (TPSA) is 93.5 Å². The molecule has 1 saturated carbocycles. The van der Waals surface area contributed by atoms with Crippen molar-refractivity contribution in [1.82, 2.24) is 9.78 Å². The number of carbonyl (C=O) groups is 2. The van der Waals surface area contributed by atoms with Crippen molar-refractivity contribution < 1.29 is 37.0 Å². The van der Waals surface area contributed by atoms with Gasteiger partial charge in [-0.15, -0.1) is 13.2 Å². The largest absolute Gasteiger partial charge is 0.573 e. The second kappa shape index (κ2) is 9.29. The number of hydrogen-bond acceptors (Lipinski definition) is 4. The van der Waals surface area contributed by atoms with E-state index in [0.717, 1.165) is 12.1 Å². The van der Waals surface area contributed by atoms with Crippen LogP contribution < -0.4 is 10.1 Å². The molecular weight excluding hydrogens is 482 g/mol. The highest BCUT2D eigenvalue weighted by Gasteiger charge is 2.53. The molecule has 0 atom stereocenters. The van der Waals surface area contributed by atoms with Crippen LogP contribution >= 0.6 is 0 Å². The number of benzene rings is 2. The fourth-order valence-electron chi connectivity index (χ4n) is 4.10. The fraction of sp³-hybridized carbons (Fsp3) is 0.320. The van der Waals surface area contributed by atoms with Gasteiger partial charge in [-0.05, 0) is 42.5 Å². The number of aromatic nitrogens is 2. The summed E-state index contributed by atoms with van der Waals surface area (Å²) in [6.07, 6.45) is -1.09. The Labute approximate surface area is 203 Å². The third kappa shape index (κ3) is 5.34. The molecule has 0 spiro atoms. The molecule has 0 unspecified atom stereocenters. The van der Waals surface area contributed by atoms with Gasteiger partial charge in [0.2, 0.25) is 5.91 Å². The summed E-state index contributed by atoms with van der Waals surface area (Å²) in [6.45, 7) is 4.73. The SMILES string of the molecule is CC(C)Cn1cc(-c2ccc(NC(=O)C3(c4ccc(OC(F)(F)F)cc4F)CC3)cc2C(=O)O)cn1. The number of carbonyl (C=O) groups excluding carboxylic acids is 1. The standard InChI is InChI=1S/C25H23F4N3O4/c1-14(2)12-32-13-15(11-30-32)18-5-3-16(9-19(18)22(33)34)31-23(35)24(7-8-24)20-6-4-17(10-21(20)26)36-25(27,28)29/h3-6,9-11,13-14H,7-8,12H2,1-2H3,(H,31,35)(H,33,34). The Hall–Kier alpha value is -3.89. The molecule has 1 fully saturated rings. The third-order valence-electron chi connectivity index (χ3n) is 5.88. The molecule has 1 aromatic heterocycles. The van der Waals surface area contributed by atoms with E-state index in [4.69, 9.17) is 0 Å². The van der Waals surface area contributed by atoms with E-state index >= 15 is 0 Å². The van der Waals surface area contributed by atoms with Gasteiger partial charge in [0.15, 0.2) is 0 Å². The monoisotopic (exact) mass is 505 g/mol. The molecular formula is C25H23F4N3O4. The molecule has 36 heavy (non-hydrogen) atoms. The molecule has 7 nitrogen and oxygen atoms in total. The van der Waals surface area contributed by atoms with Gasteiger partial charge in [0.1, 0.15) is 11.6 Å². The van der Waals surface area contributed by atoms with Crippen molar-refractivity contribution in [2.45, 2.75) is 45.0 Å². The summed E-state index contributed by atoms with van der Waals surface area (Å²) in [6, 6.07) is 7.04. The van der Waals surface area contributed by atoms with Crippen LogP contribution in [0.25, 0.3) is 11.1 Å². The summed E-state index contributed by atoms with van der Waals surface area (Å²) in [5, 5.41) is 16.6. The zero-order valence-corrected chi connectivity index (χ0v) is 19.4. The normalized spacial score (nSPS) is 14.5. The van der Waals surface area contributed by atoms with Crippen LogP contribution in [0.5, 0.6) is 5.75 Å². The van der Waals surface area contributed by atoms with Crippen LogP contribution in [-0.2, 0) is 16.8 Å². The molecule has 0 radical (unpaired) electrons. The minimum atomic E-state index is -4.97. The van der Waals surface area contributed by atoms with Crippen LogP contribution in [0.1, 0.15) is 42.6 Å². The summed E-state index contributed by atoms with van der Waals surface area (Å²) in [5.74, 6) is -3.16. The van der Waals surface area contributed by atoms with Crippen LogP contribution in [-0.4, -0.2) is 33.1 Å². The Morgan fingerprint density at radius 1 is 1.19 bits per heavy atom. The molecule has 1 heterocycles. The third-order valence-corrected chi connectivity index (χ3v) is 5.88. The number of nitrogens with one attached hydrogen (secondary N) is 1. The lowest BCUT2D eigenvalue weighted by Crippen LogP contribution is -2.29. The maximum atomic E-state index is 14.6. The molecule has 0 bridgehead atoms. The lowest BCUT2D eigenvalue weighted by molar-refractivity contribution is -0.274. The van der Waals surface area contributed by atoms with Gasteiger partial charge in [0.05, 0.1) is 17.2 Å². The molecule has 4 rings (SSSR count). The molecule has 1 aliphatic carbocycles. The quantitative estimate of drug-likeness (QED) is 0.388. The minimum absolute atomic E-state index is 0.0535. The summed E-state index contributed by atoms with van der Waals surface area (Å²) in [7, 11) is 0. The molecule has 2 N–H and O–H groups in total. The van der Waals surface area contributed by atoms with Gasteiger partial charge in [-0.25, -0.2) is 9.18 Å². The number of aromatic carboxylic acids is 1. The number of amides is 1. The van der Waals surface area contributed by atoms with E-state index in [2.05, 4.69) is 15.2 Å². The maximum absolute atomic E-state index is 14.6. The Bertz CT molecular complexity index is 1310. The van der Waals surface area contributed by atoms with Gasteiger partial charge in [-0.3, -0.25) is 9.48 Å². The van der Waals surface area contributed by atoms with E-state index in [1.54, 1.807) is 23.1 Å². The molecule has 0 saturated heterocycles.